The van der Waals surface area contributed by atoms with Crippen molar-refractivity contribution in [2.24, 2.45) is 0 Å². The number of para-hydroxylation sites is 1. The number of aryl methyl sites for hydroxylation is 1. The third-order valence-electron chi connectivity index (χ3n) is 6.12. The van der Waals surface area contributed by atoms with Crippen molar-refractivity contribution in [3.8, 4) is 28.5 Å². The van der Waals surface area contributed by atoms with Crippen LogP contribution in [0.4, 0.5) is 5.82 Å². The third-order valence-corrected chi connectivity index (χ3v) is 6.12. The first-order valence-electron chi connectivity index (χ1n) is 12.0. The third kappa shape index (κ3) is 5.81. The van der Waals surface area contributed by atoms with Gasteiger partial charge in [0.2, 0.25) is 0 Å². The Morgan fingerprint density at radius 3 is 2.08 bits per heavy atom. The maximum atomic E-state index is 12.7. The van der Waals surface area contributed by atoms with E-state index < -0.39 is 0 Å². The van der Waals surface area contributed by atoms with Crippen LogP contribution in [0, 0.1) is 6.92 Å². The van der Waals surface area contributed by atoms with Crippen molar-refractivity contribution in [1.29, 1.82) is 0 Å². The zero-order valence-electron chi connectivity index (χ0n) is 20.2. The summed E-state index contributed by atoms with van der Waals surface area (Å²) in [5.74, 6) is 2.91. The predicted octanol–water partition coefficient (Wildman–Crippen LogP) is 4.97. The van der Waals surface area contributed by atoms with Gasteiger partial charge < -0.3 is 19.3 Å². The molecule has 0 radical (unpaired) electrons. The van der Waals surface area contributed by atoms with Gasteiger partial charge in [-0.15, -0.1) is 10.2 Å². The molecule has 1 amide bonds. The van der Waals surface area contributed by atoms with Crippen molar-refractivity contribution >= 4 is 11.7 Å². The minimum absolute atomic E-state index is 0.00391. The lowest BCUT2D eigenvalue weighted by Gasteiger charge is -2.35. The van der Waals surface area contributed by atoms with E-state index in [1.54, 1.807) is 0 Å². The number of carbonyl (C=O) groups excluding carboxylic acids is 1. The highest BCUT2D eigenvalue weighted by Crippen LogP contribution is 2.24. The Morgan fingerprint density at radius 1 is 0.750 bits per heavy atom. The van der Waals surface area contributed by atoms with Gasteiger partial charge in [0.1, 0.15) is 17.2 Å². The van der Waals surface area contributed by atoms with Crippen LogP contribution >= 0.6 is 0 Å². The van der Waals surface area contributed by atoms with E-state index >= 15 is 0 Å². The Labute approximate surface area is 210 Å². The van der Waals surface area contributed by atoms with Crippen molar-refractivity contribution < 1.29 is 14.3 Å². The van der Waals surface area contributed by atoms with Crippen molar-refractivity contribution in [2.45, 2.75) is 6.92 Å². The molecule has 4 aromatic rings. The number of benzene rings is 3. The van der Waals surface area contributed by atoms with E-state index in [4.69, 9.17) is 9.47 Å². The molecule has 3 aromatic carbocycles. The molecular formula is C29H28N4O3. The molecule has 36 heavy (non-hydrogen) atoms. The molecule has 1 saturated heterocycles. The number of carbonyl (C=O) groups is 1. The summed E-state index contributed by atoms with van der Waals surface area (Å²) in [6.45, 7) is 4.71. The Kier molecular flexibility index (Phi) is 7.07. The molecule has 0 bridgehead atoms. The summed E-state index contributed by atoms with van der Waals surface area (Å²) in [5.41, 5.74) is 3.12. The maximum absolute atomic E-state index is 12.7. The van der Waals surface area contributed by atoms with Gasteiger partial charge in [0.15, 0.2) is 12.4 Å². The lowest BCUT2D eigenvalue weighted by Crippen LogP contribution is -2.50. The highest BCUT2D eigenvalue weighted by Gasteiger charge is 2.22. The second-order valence-electron chi connectivity index (χ2n) is 8.69. The van der Waals surface area contributed by atoms with Crippen molar-refractivity contribution in [3.05, 3.63) is 96.6 Å². The van der Waals surface area contributed by atoms with Gasteiger partial charge in [-0.1, -0.05) is 48.0 Å². The molecule has 0 aliphatic carbocycles. The topological polar surface area (TPSA) is 67.8 Å². The van der Waals surface area contributed by atoms with Crippen molar-refractivity contribution in [3.63, 3.8) is 0 Å². The molecule has 0 unspecified atom stereocenters. The quantitative estimate of drug-likeness (QED) is 0.372. The van der Waals surface area contributed by atoms with E-state index in [1.807, 2.05) is 71.6 Å². The van der Waals surface area contributed by atoms with Crippen LogP contribution in [0.25, 0.3) is 11.3 Å². The van der Waals surface area contributed by atoms with Crippen LogP contribution in [0.3, 0.4) is 0 Å². The Hall–Kier alpha value is -4.39. The molecule has 0 spiro atoms. The molecule has 0 N–H and O–H groups in total. The van der Waals surface area contributed by atoms with E-state index in [0.717, 1.165) is 22.8 Å². The number of nitrogens with zero attached hydrogens (tertiary/aromatic N) is 4. The fourth-order valence-corrected chi connectivity index (χ4v) is 4.02. The summed E-state index contributed by atoms with van der Waals surface area (Å²) in [4.78, 5) is 16.7. The standard InChI is InChI=1S/C29H28N4O3/c1-22-7-9-23(10-8-22)27-15-16-28(31-30-27)32-17-19-33(20-18-32)29(34)21-35-24-11-13-26(14-12-24)36-25-5-3-2-4-6-25/h2-16H,17-21H2,1H3. The molecule has 182 valence electrons. The number of rotatable bonds is 7. The van der Waals surface area contributed by atoms with Gasteiger partial charge in [-0.05, 0) is 55.5 Å². The molecule has 0 saturated carbocycles. The molecule has 7 nitrogen and oxygen atoms in total. The minimum atomic E-state index is -0.0277. The van der Waals surface area contributed by atoms with Gasteiger partial charge in [-0.3, -0.25) is 4.79 Å². The number of amides is 1. The smallest absolute Gasteiger partial charge is 0.260 e. The molecule has 0 atom stereocenters. The van der Waals surface area contributed by atoms with Crippen LogP contribution in [0.1, 0.15) is 5.56 Å². The first kappa shape index (κ1) is 23.4. The zero-order chi connectivity index (χ0) is 24.7. The largest absolute Gasteiger partial charge is 0.484 e. The zero-order valence-corrected chi connectivity index (χ0v) is 20.2. The van der Waals surface area contributed by atoms with Gasteiger partial charge >= 0.3 is 0 Å². The van der Waals surface area contributed by atoms with E-state index in [1.165, 1.54) is 5.56 Å². The lowest BCUT2D eigenvalue weighted by atomic mass is 10.1. The van der Waals surface area contributed by atoms with Crippen molar-refractivity contribution in [1.82, 2.24) is 15.1 Å². The van der Waals surface area contributed by atoms with Gasteiger partial charge in [0, 0.05) is 31.7 Å². The average molecular weight is 481 g/mol. The number of piperazine rings is 1. The second-order valence-corrected chi connectivity index (χ2v) is 8.69. The molecule has 2 heterocycles. The molecule has 5 rings (SSSR count). The average Bonchev–Trinajstić information content (AvgIpc) is 2.94. The summed E-state index contributed by atoms with van der Waals surface area (Å²) in [5, 5.41) is 8.82. The summed E-state index contributed by atoms with van der Waals surface area (Å²) < 4.78 is 11.5. The molecule has 1 aliphatic heterocycles. The van der Waals surface area contributed by atoms with Crippen molar-refractivity contribution in [2.75, 3.05) is 37.7 Å². The first-order chi connectivity index (χ1) is 17.6. The Morgan fingerprint density at radius 2 is 1.42 bits per heavy atom. The first-order valence-corrected chi connectivity index (χ1v) is 12.0. The second kappa shape index (κ2) is 10.9. The normalized spacial score (nSPS) is 13.4. The van der Waals surface area contributed by atoms with Gasteiger partial charge in [0.05, 0.1) is 5.69 Å². The highest BCUT2D eigenvalue weighted by atomic mass is 16.5. The molecule has 1 fully saturated rings. The number of anilines is 1. The van der Waals surface area contributed by atoms with Crippen LogP contribution in [0.2, 0.25) is 0 Å². The van der Waals surface area contributed by atoms with Crippen LogP contribution in [0.5, 0.6) is 17.2 Å². The number of hydrogen-bond acceptors (Lipinski definition) is 6. The summed E-state index contributed by atoms with van der Waals surface area (Å²) >= 11 is 0. The number of hydrogen-bond donors (Lipinski definition) is 0. The van der Waals surface area contributed by atoms with Gasteiger partial charge in [-0.25, -0.2) is 0 Å². The van der Waals surface area contributed by atoms with Crippen LogP contribution in [0.15, 0.2) is 91.0 Å². The van der Waals surface area contributed by atoms with E-state index in [9.17, 15) is 4.79 Å². The van der Waals surface area contributed by atoms with Gasteiger partial charge in [-0.2, -0.15) is 0 Å². The van der Waals surface area contributed by atoms with Crippen LogP contribution < -0.4 is 14.4 Å². The molecular weight excluding hydrogens is 452 g/mol. The van der Waals surface area contributed by atoms with E-state index in [0.29, 0.717) is 37.7 Å². The maximum Gasteiger partial charge on any atom is 0.260 e. The summed E-state index contributed by atoms with van der Waals surface area (Å²) in [6.07, 6.45) is 0. The van der Waals surface area contributed by atoms with Gasteiger partial charge in [0.25, 0.3) is 5.91 Å². The van der Waals surface area contributed by atoms with E-state index in [-0.39, 0.29) is 12.5 Å². The fraction of sp³-hybridized carbons (Fsp3) is 0.207. The predicted molar refractivity (Wildman–Crippen MR) is 139 cm³/mol. The van der Waals surface area contributed by atoms with Crippen LogP contribution in [-0.4, -0.2) is 53.8 Å². The molecule has 7 heteroatoms. The number of aromatic nitrogens is 2. The Bertz CT molecular complexity index is 1270. The summed E-state index contributed by atoms with van der Waals surface area (Å²) in [6, 6.07) is 29.1. The molecule has 1 aromatic heterocycles. The minimum Gasteiger partial charge on any atom is -0.484 e. The molecule has 1 aliphatic rings. The van der Waals surface area contributed by atoms with E-state index in [2.05, 4.69) is 46.3 Å². The fourth-order valence-electron chi connectivity index (χ4n) is 4.02. The Balaban J connectivity index is 1.08. The highest BCUT2D eigenvalue weighted by molar-refractivity contribution is 5.78. The number of ether oxygens (including phenoxy) is 2. The SMILES string of the molecule is Cc1ccc(-c2ccc(N3CCN(C(=O)COc4ccc(Oc5ccccc5)cc4)CC3)nn2)cc1. The van der Waals surface area contributed by atoms with Crippen LogP contribution in [-0.2, 0) is 4.79 Å². The monoisotopic (exact) mass is 480 g/mol. The summed E-state index contributed by atoms with van der Waals surface area (Å²) in [7, 11) is 0. The lowest BCUT2D eigenvalue weighted by molar-refractivity contribution is -0.133.